The highest BCUT2D eigenvalue weighted by atomic mass is 16.3. The number of aliphatic hydroxyl groups is 1. The summed E-state index contributed by atoms with van der Waals surface area (Å²) in [6, 6.07) is 6.42. The van der Waals surface area contributed by atoms with Crippen LogP contribution in [-0.2, 0) is 6.42 Å². The molecule has 128 valence electrons. The van der Waals surface area contributed by atoms with Crippen molar-refractivity contribution >= 4 is 6.03 Å². The molecule has 0 aliphatic heterocycles. The molecule has 4 heteroatoms. The lowest BCUT2D eigenvalue weighted by molar-refractivity contribution is 0.101. The summed E-state index contributed by atoms with van der Waals surface area (Å²) in [6.45, 7) is 6.89. The first-order chi connectivity index (χ1) is 10.9. The molecular formula is C19H30N2O2. The number of hydrogen-bond donors (Lipinski definition) is 3. The minimum absolute atomic E-state index is 0.0911. The van der Waals surface area contributed by atoms with E-state index in [1.807, 2.05) is 6.92 Å². The fraction of sp³-hybridized carbons (Fsp3) is 0.632. The summed E-state index contributed by atoms with van der Waals surface area (Å²) in [5, 5.41) is 15.6. The molecule has 0 aromatic heterocycles. The van der Waals surface area contributed by atoms with Crippen LogP contribution in [0.15, 0.2) is 18.2 Å². The van der Waals surface area contributed by atoms with Crippen LogP contribution in [0.4, 0.5) is 4.79 Å². The number of carbonyl (C=O) groups is 1. The molecule has 3 atom stereocenters. The number of nitrogens with one attached hydrogen (secondary N) is 2. The first kappa shape index (κ1) is 17.8. The Morgan fingerprint density at radius 3 is 2.83 bits per heavy atom. The Bertz CT molecular complexity index is 530. The Balaban J connectivity index is 1.73. The van der Waals surface area contributed by atoms with E-state index in [0.29, 0.717) is 12.5 Å². The second kappa shape index (κ2) is 8.34. The average Bonchev–Trinajstić information content (AvgIpc) is 2.48. The standard InChI is InChI=1S/C19H30N2O2/c1-13-7-8-17(14(2)9-13)10-15(3)21-19(23)20-12-16-5-4-6-18(22)11-16/h7-9,15-16,18,22H,4-6,10-12H2,1-3H3,(H2,20,21,23). The molecule has 0 saturated heterocycles. The van der Waals surface area contributed by atoms with Crippen LogP contribution >= 0.6 is 0 Å². The molecule has 23 heavy (non-hydrogen) atoms. The summed E-state index contributed by atoms with van der Waals surface area (Å²) < 4.78 is 0. The molecule has 0 heterocycles. The second-order valence-electron chi connectivity index (χ2n) is 7.08. The van der Waals surface area contributed by atoms with Gasteiger partial charge in [-0.25, -0.2) is 4.79 Å². The molecule has 3 N–H and O–H groups in total. The van der Waals surface area contributed by atoms with E-state index in [2.05, 4.69) is 42.7 Å². The summed E-state index contributed by atoms with van der Waals surface area (Å²) >= 11 is 0. The second-order valence-corrected chi connectivity index (χ2v) is 7.08. The third-order valence-corrected chi connectivity index (χ3v) is 4.71. The molecule has 4 nitrogen and oxygen atoms in total. The van der Waals surface area contributed by atoms with Crippen LogP contribution in [0.3, 0.4) is 0 Å². The molecule has 1 saturated carbocycles. The molecule has 3 unspecified atom stereocenters. The van der Waals surface area contributed by atoms with Gasteiger partial charge in [-0.1, -0.05) is 30.2 Å². The van der Waals surface area contributed by atoms with Gasteiger partial charge < -0.3 is 15.7 Å². The highest BCUT2D eigenvalue weighted by molar-refractivity contribution is 5.74. The number of rotatable bonds is 5. The zero-order valence-corrected chi connectivity index (χ0v) is 14.6. The Morgan fingerprint density at radius 2 is 2.13 bits per heavy atom. The molecule has 1 aliphatic carbocycles. The molecule has 0 radical (unpaired) electrons. The van der Waals surface area contributed by atoms with Crippen LogP contribution < -0.4 is 10.6 Å². The zero-order chi connectivity index (χ0) is 16.8. The number of carbonyl (C=O) groups excluding carboxylic acids is 1. The van der Waals surface area contributed by atoms with Crippen molar-refractivity contribution < 1.29 is 9.90 Å². The summed E-state index contributed by atoms with van der Waals surface area (Å²) in [7, 11) is 0. The van der Waals surface area contributed by atoms with Crippen molar-refractivity contribution in [2.24, 2.45) is 5.92 Å². The van der Waals surface area contributed by atoms with E-state index in [0.717, 1.165) is 32.1 Å². The maximum Gasteiger partial charge on any atom is 0.315 e. The minimum atomic E-state index is -0.193. The monoisotopic (exact) mass is 318 g/mol. The van der Waals surface area contributed by atoms with Gasteiger partial charge in [0.05, 0.1) is 6.10 Å². The van der Waals surface area contributed by atoms with Crippen molar-refractivity contribution in [3.63, 3.8) is 0 Å². The predicted octanol–water partition coefficient (Wildman–Crippen LogP) is 3.08. The van der Waals surface area contributed by atoms with Crippen LogP contribution in [0.2, 0.25) is 0 Å². The molecule has 0 spiro atoms. The van der Waals surface area contributed by atoms with Gasteiger partial charge in [0.25, 0.3) is 0 Å². The highest BCUT2D eigenvalue weighted by Gasteiger charge is 2.20. The van der Waals surface area contributed by atoms with Gasteiger partial charge in [0.2, 0.25) is 0 Å². The topological polar surface area (TPSA) is 61.4 Å². The van der Waals surface area contributed by atoms with Gasteiger partial charge in [-0.3, -0.25) is 0 Å². The number of urea groups is 1. The molecule has 1 fully saturated rings. The first-order valence-corrected chi connectivity index (χ1v) is 8.72. The lowest BCUT2D eigenvalue weighted by Gasteiger charge is -2.26. The lowest BCUT2D eigenvalue weighted by atomic mass is 9.87. The average molecular weight is 318 g/mol. The molecule has 2 amide bonds. The third-order valence-electron chi connectivity index (χ3n) is 4.71. The van der Waals surface area contributed by atoms with Gasteiger partial charge in [0, 0.05) is 12.6 Å². The first-order valence-electron chi connectivity index (χ1n) is 8.72. The number of aryl methyl sites for hydroxylation is 2. The Kier molecular flexibility index (Phi) is 6.46. The van der Waals surface area contributed by atoms with Crippen LogP contribution in [0.25, 0.3) is 0 Å². The minimum Gasteiger partial charge on any atom is -0.393 e. The lowest BCUT2D eigenvalue weighted by Crippen LogP contribution is -2.44. The predicted molar refractivity (Wildman–Crippen MR) is 93.6 cm³/mol. The highest BCUT2D eigenvalue weighted by Crippen LogP contribution is 2.23. The Hall–Kier alpha value is -1.55. The van der Waals surface area contributed by atoms with Crippen molar-refractivity contribution in [2.75, 3.05) is 6.54 Å². The molecule has 1 aromatic rings. The zero-order valence-electron chi connectivity index (χ0n) is 14.6. The summed E-state index contributed by atoms with van der Waals surface area (Å²) in [5.74, 6) is 0.402. The number of aliphatic hydroxyl groups excluding tert-OH is 1. The van der Waals surface area contributed by atoms with Crippen molar-refractivity contribution in [3.8, 4) is 0 Å². The van der Waals surface area contributed by atoms with Crippen molar-refractivity contribution in [1.29, 1.82) is 0 Å². The van der Waals surface area contributed by atoms with Crippen molar-refractivity contribution in [3.05, 3.63) is 34.9 Å². The molecule has 1 aromatic carbocycles. The smallest absolute Gasteiger partial charge is 0.315 e. The van der Waals surface area contributed by atoms with Gasteiger partial charge in [-0.15, -0.1) is 0 Å². The van der Waals surface area contributed by atoms with Crippen LogP contribution in [0, 0.1) is 19.8 Å². The van der Waals surface area contributed by atoms with Gasteiger partial charge in [-0.2, -0.15) is 0 Å². The van der Waals surface area contributed by atoms with E-state index in [4.69, 9.17) is 0 Å². The normalized spacial score (nSPS) is 22.4. The van der Waals surface area contributed by atoms with E-state index < -0.39 is 0 Å². The van der Waals surface area contributed by atoms with Gasteiger partial charge in [0.15, 0.2) is 0 Å². The van der Waals surface area contributed by atoms with E-state index in [-0.39, 0.29) is 18.2 Å². The van der Waals surface area contributed by atoms with Gasteiger partial charge >= 0.3 is 6.03 Å². The van der Waals surface area contributed by atoms with E-state index in [9.17, 15) is 9.90 Å². The summed E-state index contributed by atoms with van der Waals surface area (Å²) in [4.78, 5) is 12.0. The van der Waals surface area contributed by atoms with E-state index in [1.165, 1.54) is 16.7 Å². The van der Waals surface area contributed by atoms with Crippen molar-refractivity contribution in [1.82, 2.24) is 10.6 Å². The van der Waals surface area contributed by atoms with Crippen LogP contribution in [0.5, 0.6) is 0 Å². The quantitative estimate of drug-likeness (QED) is 0.781. The third kappa shape index (κ3) is 5.87. The van der Waals surface area contributed by atoms with E-state index in [1.54, 1.807) is 0 Å². The molecule has 1 aliphatic rings. The Morgan fingerprint density at radius 1 is 1.35 bits per heavy atom. The van der Waals surface area contributed by atoms with Gasteiger partial charge in [0.1, 0.15) is 0 Å². The summed E-state index contributed by atoms with van der Waals surface area (Å²) in [5.41, 5.74) is 3.81. The van der Waals surface area contributed by atoms with Crippen molar-refractivity contribution in [2.45, 2.75) is 65.0 Å². The maximum absolute atomic E-state index is 12.0. The molecule has 2 rings (SSSR count). The van der Waals surface area contributed by atoms with Crippen LogP contribution in [-0.4, -0.2) is 29.8 Å². The molecular weight excluding hydrogens is 288 g/mol. The SMILES string of the molecule is Cc1ccc(CC(C)NC(=O)NCC2CCCC(O)C2)c(C)c1. The number of hydrogen-bond acceptors (Lipinski definition) is 2. The fourth-order valence-corrected chi connectivity index (χ4v) is 3.42. The van der Waals surface area contributed by atoms with E-state index >= 15 is 0 Å². The largest absolute Gasteiger partial charge is 0.393 e. The van der Waals surface area contributed by atoms with Gasteiger partial charge in [-0.05, 0) is 63.5 Å². The number of benzene rings is 1. The maximum atomic E-state index is 12.0. The summed E-state index contributed by atoms with van der Waals surface area (Å²) in [6.07, 6.45) is 4.49. The Labute approximate surface area is 139 Å². The van der Waals surface area contributed by atoms with Crippen LogP contribution in [0.1, 0.15) is 49.3 Å². The number of amides is 2. The molecule has 0 bridgehead atoms. The fourth-order valence-electron chi connectivity index (χ4n) is 3.42.